The second-order valence-electron chi connectivity index (χ2n) is 8.66. The number of carbonyl (C=O) groups is 3. The standard InChI is InChI=1S/C24H20BrN3O6S2/c25-13-3-5-14(6-4-13)28-21(30)18-17(15-2-1-9-34-15)20-23(35-19(18)22(28)31)27(24(32)36-20)12-16(29)26-7-10-33-11-8-26/h1-6,9,17-19H,7-8,10-12H2/t17-,18?,19?/m1/s1. The molecule has 0 radical (unpaired) electrons. The predicted molar refractivity (Wildman–Crippen MR) is 136 cm³/mol. The number of furan rings is 1. The third kappa shape index (κ3) is 3.87. The number of fused-ring (bicyclic) bond motifs is 2. The van der Waals surface area contributed by atoms with Gasteiger partial charge in [-0.3, -0.25) is 23.7 Å². The molecule has 3 aliphatic heterocycles. The molecular weight excluding hydrogens is 570 g/mol. The molecule has 36 heavy (non-hydrogen) atoms. The highest BCUT2D eigenvalue weighted by Crippen LogP contribution is 2.53. The van der Waals surface area contributed by atoms with E-state index in [2.05, 4.69) is 15.9 Å². The lowest BCUT2D eigenvalue weighted by Crippen LogP contribution is -2.43. The van der Waals surface area contributed by atoms with Crippen molar-refractivity contribution in [3.8, 4) is 0 Å². The van der Waals surface area contributed by atoms with Crippen LogP contribution in [0, 0.1) is 5.92 Å². The quantitative estimate of drug-likeness (QED) is 0.431. The normalized spacial score (nSPS) is 23.6. The monoisotopic (exact) mass is 589 g/mol. The number of amides is 3. The molecule has 2 fully saturated rings. The zero-order chi connectivity index (χ0) is 25.0. The highest BCUT2D eigenvalue weighted by molar-refractivity contribution is 9.10. The first-order valence-electron chi connectivity index (χ1n) is 11.4. The average Bonchev–Trinajstić information content (AvgIpc) is 3.58. The second-order valence-corrected chi connectivity index (χ2v) is 11.7. The highest BCUT2D eigenvalue weighted by atomic mass is 79.9. The fraction of sp³-hybridized carbons (Fsp3) is 0.333. The van der Waals surface area contributed by atoms with E-state index in [-0.39, 0.29) is 29.1 Å². The minimum atomic E-state index is -0.748. The Labute approximate surface area is 222 Å². The van der Waals surface area contributed by atoms with Crippen LogP contribution in [0.25, 0.3) is 0 Å². The number of halogens is 1. The number of nitrogens with zero attached hydrogens (tertiary/aromatic N) is 3. The summed E-state index contributed by atoms with van der Waals surface area (Å²) in [6, 6.07) is 10.5. The molecule has 0 aliphatic carbocycles. The summed E-state index contributed by atoms with van der Waals surface area (Å²) in [6.45, 7) is 1.75. The summed E-state index contributed by atoms with van der Waals surface area (Å²) in [6.07, 6.45) is 1.52. The van der Waals surface area contributed by atoms with E-state index in [1.54, 1.807) is 41.3 Å². The maximum atomic E-state index is 13.7. The topological polar surface area (TPSA) is 102 Å². The first-order chi connectivity index (χ1) is 17.4. The minimum Gasteiger partial charge on any atom is -0.469 e. The van der Waals surface area contributed by atoms with Gasteiger partial charge in [-0.1, -0.05) is 39.0 Å². The minimum absolute atomic E-state index is 0.126. The molecule has 5 heterocycles. The fourth-order valence-electron chi connectivity index (χ4n) is 4.92. The number of imide groups is 1. The molecule has 3 aliphatic rings. The van der Waals surface area contributed by atoms with Crippen molar-refractivity contribution in [2.45, 2.75) is 22.7 Å². The number of rotatable bonds is 4. The van der Waals surface area contributed by atoms with E-state index in [1.807, 2.05) is 0 Å². The molecule has 0 bridgehead atoms. The maximum Gasteiger partial charge on any atom is 0.308 e. The van der Waals surface area contributed by atoms with Crippen molar-refractivity contribution in [3.05, 3.63) is 67.4 Å². The largest absolute Gasteiger partial charge is 0.469 e. The van der Waals surface area contributed by atoms with E-state index in [4.69, 9.17) is 9.15 Å². The van der Waals surface area contributed by atoms with E-state index in [9.17, 15) is 19.2 Å². The number of aromatic nitrogens is 1. The van der Waals surface area contributed by atoms with Crippen molar-refractivity contribution in [1.29, 1.82) is 0 Å². The zero-order valence-corrected chi connectivity index (χ0v) is 22.0. The summed E-state index contributed by atoms with van der Waals surface area (Å²) in [7, 11) is 0. The van der Waals surface area contributed by atoms with Crippen LogP contribution in [0.3, 0.4) is 0 Å². The Hall–Kier alpha value is -2.67. The van der Waals surface area contributed by atoms with Gasteiger partial charge in [0.25, 0.3) is 0 Å². The molecule has 0 spiro atoms. The van der Waals surface area contributed by atoms with Crippen molar-refractivity contribution in [3.63, 3.8) is 0 Å². The van der Waals surface area contributed by atoms with Crippen LogP contribution in [0.4, 0.5) is 5.69 Å². The van der Waals surface area contributed by atoms with Gasteiger partial charge in [0.1, 0.15) is 17.6 Å². The first-order valence-corrected chi connectivity index (χ1v) is 13.9. The van der Waals surface area contributed by atoms with E-state index >= 15 is 0 Å². The molecule has 9 nitrogen and oxygen atoms in total. The number of thioether (sulfide) groups is 1. The molecule has 0 N–H and O–H groups in total. The molecule has 12 heteroatoms. The second kappa shape index (κ2) is 9.33. The summed E-state index contributed by atoms with van der Waals surface area (Å²) < 4.78 is 13.3. The molecule has 186 valence electrons. The maximum absolute atomic E-state index is 13.7. The van der Waals surface area contributed by atoms with E-state index < -0.39 is 17.1 Å². The Morgan fingerprint density at radius 3 is 2.50 bits per heavy atom. The van der Waals surface area contributed by atoms with Crippen LogP contribution < -0.4 is 9.77 Å². The molecule has 2 unspecified atom stereocenters. The number of hydrogen-bond donors (Lipinski definition) is 0. The van der Waals surface area contributed by atoms with Gasteiger partial charge in [-0.2, -0.15) is 0 Å². The van der Waals surface area contributed by atoms with Gasteiger partial charge in [-0.15, -0.1) is 0 Å². The number of thiazole rings is 1. The van der Waals surface area contributed by atoms with Crippen LogP contribution in [-0.2, 0) is 25.7 Å². The number of hydrogen-bond acceptors (Lipinski definition) is 8. The predicted octanol–water partition coefficient (Wildman–Crippen LogP) is 2.92. The highest BCUT2D eigenvalue weighted by Gasteiger charge is 2.57. The molecule has 3 amide bonds. The van der Waals surface area contributed by atoms with Crippen molar-refractivity contribution < 1.29 is 23.5 Å². The number of ether oxygens (including phenoxy) is 1. The van der Waals surface area contributed by atoms with E-state index in [0.717, 1.165) is 15.8 Å². The number of benzene rings is 1. The van der Waals surface area contributed by atoms with Crippen LogP contribution in [-0.4, -0.2) is 58.7 Å². The lowest BCUT2D eigenvalue weighted by Gasteiger charge is -2.30. The Morgan fingerprint density at radius 1 is 1.06 bits per heavy atom. The Morgan fingerprint density at radius 2 is 1.81 bits per heavy atom. The van der Waals surface area contributed by atoms with Gasteiger partial charge >= 0.3 is 4.87 Å². The SMILES string of the molecule is O=C(Cn1c2c(sc1=O)[C@H](c1ccco1)C1C(=O)N(c3ccc(Br)cc3)C(=O)C1S2)N1CCOCC1. The van der Waals surface area contributed by atoms with Crippen molar-refractivity contribution in [1.82, 2.24) is 9.47 Å². The van der Waals surface area contributed by atoms with Gasteiger partial charge in [0.15, 0.2) is 0 Å². The Kier molecular flexibility index (Phi) is 6.14. The van der Waals surface area contributed by atoms with Crippen LogP contribution in [0.1, 0.15) is 16.6 Å². The molecule has 3 aromatic rings. The fourth-order valence-corrected chi connectivity index (χ4v) is 7.94. The van der Waals surface area contributed by atoms with Crippen molar-refractivity contribution >= 4 is 62.4 Å². The van der Waals surface area contributed by atoms with Gasteiger partial charge < -0.3 is 14.1 Å². The van der Waals surface area contributed by atoms with Crippen LogP contribution >= 0.6 is 39.0 Å². The van der Waals surface area contributed by atoms with Crippen LogP contribution in [0.5, 0.6) is 0 Å². The third-order valence-corrected chi connectivity index (χ3v) is 9.77. The summed E-state index contributed by atoms with van der Waals surface area (Å²) in [5, 5.41) is -0.199. The van der Waals surface area contributed by atoms with Gasteiger partial charge in [0.05, 0.1) is 46.9 Å². The van der Waals surface area contributed by atoms with Crippen molar-refractivity contribution in [2.24, 2.45) is 5.92 Å². The molecule has 3 atom stereocenters. The van der Waals surface area contributed by atoms with Gasteiger partial charge in [-0.25, -0.2) is 4.90 Å². The van der Waals surface area contributed by atoms with Crippen LogP contribution in [0.2, 0.25) is 0 Å². The zero-order valence-electron chi connectivity index (χ0n) is 18.8. The van der Waals surface area contributed by atoms with Gasteiger partial charge in [0.2, 0.25) is 17.7 Å². The summed E-state index contributed by atoms with van der Waals surface area (Å²) in [5.74, 6) is -1.67. The molecule has 1 aromatic carbocycles. The Balaban J connectivity index is 1.41. The number of carbonyl (C=O) groups excluding carboxylic acids is 3. The van der Waals surface area contributed by atoms with E-state index in [0.29, 0.717) is 47.7 Å². The lowest BCUT2D eigenvalue weighted by molar-refractivity contribution is -0.136. The summed E-state index contributed by atoms with van der Waals surface area (Å²) in [4.78, 5) is 56.7. The number of anilines is 1. The molecule has 0 saturated carbocycles. The van der Waals surface area contributed by atoms with E-state index in [1.165, 1.54) is 27.5 Å². The molecule has 6 rings (SSSR count). The first kappa shape index (κ1) is 23.7. The smallest absolute Gasteiger partial charge is 0.308 e. The van der Waals surface area contributed by atoms with Crippen molar-refractivity contribution in [2.75, 3.05) is 31.2 Å². The third-order valence-electron chi connectivity index (χ3n) is 6.64. The van der Waals surface area contributed by atoms with Crippen LogP contribution in [0.15, 0.2) is 61.4 Å². The summed E-state index contributed by atoms with van der Waals surface area (Å²) >= 11 is 5.58. The summed E-state index contributed by atoms with van der Waals surface area (Å²) in [5.41, 5.74) is 0.490. The molecular formula is C24H20BrN3O6S2. The van der Waals surface area contributed by atoms with Gasteiger partial charge in [-0.05, 0) is 36.4 Å². The lowest BCUT2D eigenvalue weighted by atomic mass is 9.87. The Bertz CT molecular complexity index is 1390. The number of morpholine rings is 1. The average molecular weight is 590 g/mol. The van der Waals surface area contributed by atoms with Gasteiger partial charge in [0, 0.05) is 17.6 Å². The molecule has 2 aromatic heterocycles. The molecule has 2 saturated heterocycles.